The molecule has 2 fully saturated rings. The van der Waals surface area contributed by atoms with E-state index in [4.69, 9.17) is 21.7 Å². The molecule has 26 heavy (non-hydrogen) atoms. The van der Waals surface area contributed by atoms with Crippen LogP contribution in [0, 0.1) is 0 Å². The normalized spacial score (nSPS) is 21.5. The van der Waals surface area contributed by atoms with Crippen LogP contribution in [0.5, 0.6) is 5.75 Å². The number of ether oxygens (including phenoxy) is 2. The molecule has 2 heterocycles. The Morgan fingerprint density at radius 3 is 2.88 bits per heavy atom. The molecular weight excluding hydrogens is 372 g/mol. The van der Waals surface area contributed by atoms with E-state index in [0.717, 1.165) is 30.8 Å². The quantitative estimate of drug-likeness (QED) is 0.591. The molecule has 0 aromatic heterocycles. The molecule has 8 heteroatoms. The van der Waals surface area contributed by atoms with E-state index >= 15 is 0 Å². The highest BCUT2D eigenvalue weighted by Crippen LogP contribution is 2.32. The van der Waals surface area contributed by atoms with E-state index in [9.17, 15) is 9.59 Å². The number of thioether (sulfide) groups is 1. The van der Waals surface area contributed by atoms with E-state index in [1.54, 1.807) is 13.2 Å². The largest absolute Gasteiger partial charge is 0.497 e. The number of methoxy groups -OCH3 is 1. The number of thiocarbonyl (C=S) groups is 1. The van der Waals surface area contributed by atoms with Crippen molar-refractivity contribution in [2.75, 3.05) is 26.8 Å². The van der Waals surface area contributed by atoms with Crippen LogP contribution in [0.4, 0.5) is 0 Å². The smallest absolute Gasteiger partial charge is 0.266 e. The number of hydrogen-bond donors (Lipinski definition) is 1. The highest BCUT2D eigenvalue weighted by molar-refractivity contribution is 8.26. The van der Waals surface area contributed by atoms with Gasteiger partial charge in [0.25, 0.3) is 5.91 Å². The Hall–Kier alpha value is -1.90. The van der Waals surface area contributed by atoms with E-state index < -0.39 is 0 Å². The molecular formula is C18H20N2O4S2. The van der Waals surface area contributed by atoms with Gasteiger partial charge in [0.1, 0.15) is 16.6 Å². The van der Waals surface area contributed by atoms with Crippen molar-refractivity contribution in [3.8, 4) is 5.75 Å². The monoisotopic (exact) mass is 392 g/mol. The lowest BCUT2D eigenvalue weighted by molar-refractivity contribution is -0.129. The standard InChI is InChI=1S/C18H20N2O4S2/c1-23-13-6-4-12(5-7-13)9-15-17(22)20(18(25)26-15)11-16(21)19-10-14-3-2-8-24-14/h4-7,9,14H,2-3,8,10-11H2,1H3,(H,19,21)/b15-9-. The van der Waals surface area contributed by atoms with Gasteiger partial charge in [-0.25, -0.2) is 0 Å². The number of nitrogens with one attached hydrogen (secondary N) is 1. The second-order valence-electron chi connectivity index (χ2n) is 5.98. The van der Waals surface area contributed by atoms with Crippen molar-refractivity contribution in [3.05, 3.63) is 34.7 Å². The van der Waals surface area contributed by atoms with Crippen LogP contribution in [0.1, 0.15) is 18.4 Å². The molecule has 1 aromatic rings. The molecule has 2 aliphatic heterocycles. The van der Waals surface area contributed by atoms with Crippen molar-refractivity contribution in [1.29, 1.82) is 0 Å². The first-order valence-electron chi connectivity index (χ1n) is 8.34. The molecule has 2 saturated heterocycles. The summed E-state index contributed by atoms with van der Waals surface area (Å²) in [5.41, 5.74) is 0.870. The molecule has 0 radical (unpaired) electrons. The molecule has 3 rings (SSSR count). The summed E-state index contributed by atoms with van der Waals surface area (Å²) in [5, 5.41) is 2.81. The van der Waals surface area contributed by atoms with Gasteiger partial charge in [0.05, 0.1) is 18.1 Å². The number of amides is 2. The van der Waals surface area contributed by atoms with Crippen LogP contribution in [-0.4, -0.2) is 53.9 Å². The summed E-state index contributed by atoms with van der Waals surface area (Å²) >= 11 is 6.47. The van der Waals surface area contributed by atoms with E-state index in [-0.39, 0.29) is 24.5 Å². The van der Waals surface area contributed by atoms with Crippen LogP contribution < -0.4 is 10.1 Å². The summed E-state index contributed by atoms with van der Waals surface area (Å²) in [6.07, 6.45) is 3.81. The van der Waals surface area contributed by atoms with E-state index in [1.807, 2.05) is 24.3 Å². The third-order valence-electron chi connectivity index (χ3n) is 4.14. The maximum Gasteiger partial charge on any atom is 0.266 e. The maximum absolute atomic E-state index is 12.6. The van der Waals surface area contributed by atoms with Crippen molar-refractivity contribution in [2.24, 2.45) is 0 Å². The second-order valence-corrected chi connectivity index (χ2v) is 7.66. The zero-order valence-corrected chi connectivity index (χ0v) is 16.0. The molecule has 1 atom stereocenters. The number of benzene rings is 1. The van der Waals surface area contributed by atoms with E-state index in [2.05, 4.69) is 5.32 Å². The Labute approximate surface area is 161 Å². The minimum atomic E-state index is -0.247. The summed E-state index contributed by atoms with van der Waals surface area (Å²) < 4.78 is 11.0. The Balaban J connectivity index is 1.58. The molecule has 1 N–H and O–H groups in total. The van der Waals surface area contributed by atoms with Gasteiger partial charge >= 0.3 is 0 Å². The van der Waals surface area contributed by atoms with Gasteiger partial charge in [-0.05, 0) is 36.6 Å². The summed E-state index contributed by atoms with van der Waals surface area (Å²) in [6.45, 7) is 1.14. The van der Waals surface area contributed by atoms with Crippen molar-refractivity contribution < 1.29 is 19.1 Å². The fourth-order valence-corrected chi connectivity index (χ4v) is 3.98. The fraction of sp³-hybridized carbons (Fsp3) is 0.389. The molecule has 2 aliphatic rings. The van der Waals surface area contributed by atoms with Gasteiger partial charge in [0.2, 0.25) is 5.91 Å². The lowest BCUT2D eigenvalue weighted by Gasteiger charge is -2.15. The summed E-state index contributed by atoms with van der Waals surface area (Å²) in [6, 6.07) is 7.37. The summed E-state index contributed by atoms with van der Waals surface area (Å²) in [4.78, 5) is 26.5. The van der Waals surface area contributed by atoms with Crippen LogP contribution in [0.15, 0.2) is 29.2 Å². The zero-order chi connectivity index (χ0) is 18.5. The molecule has 2 amide bonds. The van der Waals surface area contributed by atoms with Crippen LogP contribution >= 0.6 is 24.0 Å². The molecule has 0 spiro atoms. The SMILES string of the molecule is COc1ccc(/C=C2\SC(=S)N(CC(=O)NCC3CCCO3)C2=O)cc1. The Morgan fingerprint density at radius 1 is 1.46 bits per heavy atom. The van der Waals surface area contributed by atoms with Gasteiger partial charge in [-0.2, -0.15) is 0 Å². The van der Waals surface area contributed by atoms with Crippen molar-refractivity contribution in [1.82, 2.24) is 10.2 Å². The molecule has 0 aliphatic carbocycles. The summed E-state index contributed by atoms with van der Waals surface area (Å²) in [5.74, 6) is 0.267. The van der Waals surface area contributed by atoms with Crippen LogP contribution in [-0.2, 0) is 14.3 Å². The lowest BCUT2D eigenvalue weighted by Crippen LogP contribution is -2.41. The van der Waals surface area contributed by atoms with Gasteiger partial charge in [-0.3, -0.25) is 14.5 Å². The molecule has 1 unspecified atom stereocenters. The third-order valence-corrected chi connectivity index (χ3v) is 5.52. The third kappa shape index (κ3) is 4.63. The van der Waals surface area contributed by atoms with Crippen molar-refractivity contribution in [3.63, 3.8) is 0 Å². The first kappa shape index (κ1) is 18.9. The van der Waals surface area contributed by atoms with Crippen molar-refractivity contribution in [2.45, 2.75) is 18.9 Å². The second kappa shape index (κ2) is 8.66. The highest BCUT2D eigenvalue weighted by atomic mass is 32.2. The Morgan fingerprint density at radius 2 is 2.23 bits per heavy atom. The molecule has 0 bridgehead atoms. The van der Waals surface area contributed by atoms with Crippen LogP contribution in [0.3, 0.4) is 0 Å². The topological polar surface area (TPSA) is 67.9 Å². The van der Waals surface area contributed by atoms with Crippen LogP contribution in [0.25, 0.3) is 6.08 Å². The fourth-order valence-electron chi connectivity index (χ4n) is 2.72. The first-order valence-corrected chi connectivity index (χ1v) is 9.57. The molecule has 6 nitrogen and oxygen atoms in total. The average Bonchev–Trinajstić information content (AvgIpc) is 3.25. The molecule has 138 valence electrons. The number of carbonyl (C=O) groups excluding carboxylic acids is 2. The average molecular weight is 393 g/mol. The van der Waals surface area contributed by atoms with Crippen molar-refractivity contribution >= 4 is 46.2 Å². The Kier molecular flexibility index (Phi) is 6.29. The van der Waals surface area contributed by atoms with Gasteiger partial charge < -0.3 is 14.8 Å². The maximum atomic E-state index is 12.6. The van der Waals surface area contributed by atoms with Gasteiger partial charge in [-0.15, -0.1) is 0 Å². The van der Waals surface area contributed by atoms with Crippen LogP contribution in [0.2, 0.25) is 0 Å². The predicted octanol–water partition coefficient (Wildman–Crippen LogP) is 2.19. The molecule has 0 saturated carbocycles. The van der Waals surface area contributed by atoms with E-state index in [0.29, 0.717) is 15.8 Å². The van der Waals surface area contributed by atoms with Gasteiger partial charge in [0.15, 0.2) is 0 Å². The first-order chi connectivity index (χ1) is 12.6. The summed E-state index contributed by atoms with van der Waals surface area (Å²) in [7, 11) is 1.60. The van der Waals surface area contributed by atoms with Gasteiger partial charge in [0, 0.05) is 13.2 Å². The number of nitrogens with zero attached hydrogens (tertiary/aromatic N) is 1. The lowest BCUT2D eigenvalue weighted by atomic mass is 10.2. The number of carbonyl (C=O) groups is 2. The highest BCUT2D eigenvalue weighted by Gasteiger charge is 2.33. The van der Waals surface area contributed by atoms with E-state index in [1.165, 1.54) is 16.7 Å². The Bertz CT molecular complexity index is 727. The molecule has 1 aromatic carbocycles. The zero-order valence-electron chi connectivity index (χ0n) is 14.4. The van der Waals surface area contributed by atoms with Gasteiger partial charge in [-0.1, -0.05) is 36.1 Å². The predicted molar refractivity (Wildman–Crippen MR) is 105 cm³/mol. The number of rotatable bonds is 6. The minimum Gasteiger partial charge on any atom is -0.497 e. The number of hydrogen-bond acceptors (Lipinski definition) is 6. The minimum absolute atomic E-state index is 0.0695.